The third kappa shape index (κ3) is 5.24. The maximum absolute atomic E-state index is 12.5. The number of carbonyl (C=O) groups excluding carboxylic acids is 2. The molecule has 0 fully saturated rings. The molecule has 0 aliphatic rings. The van der Waals surface area contributed by atoms with Crippen molar-refractivity contribution in [3.05, 3.63) is 94.2 Å². The lowest BCUT2D eigenvalue weighted by Gasteiger charge is -2.11. The number of amides is 2. The van der Waals surface area contributed by atoms with Crippen LogP contribution in [0.2, 0.25) is 0 Å². The summed E-state index contributed by atoms with van der Waals surface area (Å²) in [6.07, 6.45) is 3.82. The highest BCUT2D eigenvalue weighted by molar-refractivity contribution is 9.10. The van der Waals surface area contributed by atoms with Crippen molar-refractivity contribution < 1.29 is 9.59 Å². The SMILES string of the molecule is O=C(Nc1ccccc1C(=O)NCCc1ccccc1)c1cncc(Br)c1. The molecule has 0 saturated heterocycles. The minimum atomic E-state index is -0.326. The van der Waals surface area contributed by atoms with Gasteiger partial charge in [0.15, 0.2) is 0 Å². The average molecular weight is 424 g/mol. The van der Waals surface area contributed by atoms with E-state index in [9.17, 15) is 9.59 Å². The zero-order valence-corrected chi connectivity index (χ0v) is 16.1. The van der Waals surface area contributed by atoms with Gasteiger partial charge in [-0.25, -0.2) is 0 Å². The van der Waals surface area contributed by atoms with Crippen LogP contribution in [-0.4, -0.2) is 23.3 Å². The quantitative estimate of drug-likeness (QED) is 0.627. The molecule has 0 aliphatic heterocycles. The lowest BCUT2D eigenvalue weighted by molar-refractivity contribution is 0.0955. The Hall–Kier alpha value is -2.99. The highest BCUT2D eigenvalue weighted by Crippen LogP contribution is 2.17. The first-order chi connectivity index (χ1) is 13.1. The molecule has 0 saturated carbocycles. The molecule has 5 nitrogen and oxygen atoms in total. The van der Waals surface area contributed by atoms with E-state index in [1.54, 1.807) is 36.5 Å². The van der Waals surface area contributed by atoms with E-state index >= 15 is 0 Å². The summed E-state index contributed by atoms with van der Waals surface area (Å²) in [7, 11) is 0. The van der Waals surface area contributed by atoms with Gasteiger partial charge in [0.05, 0.1) is 16.8 Å². The molecule has 1 aromatic heterocycles. The fraction of sp³-hybridized carbons (Fsp3) is 0.0952. The fourth-order valence-corrected chi connectivity index (χ4v) is 2.95. The molecule has 0 aliphatic carbocycles. The first-order valence-electron chi connectivity index (χ1n) is 8.46. The van der Waals surface area contributed by atoms with Gasteiger partial charge in [0.2, 0.25) is 0 Å². The first kappa shape index (κ1) is 18.8. The van der Waals surface area contributed by atoms with Crippen LogP contribution in [0.1, 0.15) is 26.3 Å². The van der Waals surface area contributed by atoms with Crippen molar-refractivity contribution in [2.45, 2.75) is 6.42 Å². The van der Waals surface area contributed by atoms with Crippen LogP contribution in [0.25, 0.3) is 0 Å². The summed E-state index contributed by atoms with van der Waals surface area (Å²) >= 11 is 3.29. The zero-order valence-electron chi connectivity index (χ0n) is 14.5. The molecule has 2 N–H and O–H groups in total. The molecule has 0 spiro atoms. The van der Waals surface area contributed by atoms with E-state index < -0.39 is 0 Å². The van der Waals surface area contributed by atoms with Crippen LogP contribution in [0.15, 0.2) is 77.5 Å². The number of nitrogens with zero attached hydrogens (tertiary/aromatic N) is 1. The van der Waals surface area contributed by atoms with Gasteiger partial charge in [-0.05, 0) is 46.1 Å². The van der Waals surface area contributed by atoms with Crippen molar-refractivity contribution in [3.8, 4) is 0 Å². The van der Waals surface area contributed by atoms with Crippen LogP contribution in [-0.2, 0) is 6.42 Å². The number of para-hydroxylation sites is 1. The van der Waals surface area contributed by atoms with E-state index in [0.717, 1.165) is 12.0 Å². The maximum atomic E-state index is 12.5. The first-order valence-corrected chi connectivity index (χ1v) is 9.26. The highest BCUT2D eigenvalue weighted by atomic mass is 79.9. The van der Waals surface area contributed by atoms with Gasteiger partial charge in [-0.2, -0.15) is 0 Å². The Morgan fingerprint density at radius 2 is 1.67 bits per heavy atom. The van der Waals surface area contributed by atoms with E-state index in [4.69, 9.17) is 0 Å². The lowest BCUT2D eigenvalue weighted by Crippen LogP contribution is -2.27. The highest BCUT2D eigenvalue weighted by Gasteiger charge is 2.14. The normalized spacial score (nSPS) is 10.3. The molecule has 136 valence electrons. The minimum Gasteiger partial charge on any atom is -0.352 e. The van der Waals surface area contributed by atoms with Crippen LogP contribution in [0.3, 0.4) is 0 Å². The number of benzene rings is 2. The summed E-state index contributed by atoms with van der Waals surface area (Å²) < 4.78 is 0.710. The summed E-state index contributed by atoms with van der Waals surface area (Å²) in [5, 5.41) is 5.68. The monoisotopic (exact) mass is 423 g/mol. The maximum Gasteiger partial charge on any atom is 0.257 e. The second-order valence-corrected chi connectivity index (χ2v) is 6.80. The Morgan fingerprint density at radius 3 is 2.44 bits per heavy atom. The predicted octanol–water partition coefficient (Wildman–Crippen LogP) is 4.07. The Morgan fingerprint density at radius 1 is 0.926 bits per heavy atom. The lowest BCUT2D eigenvalue weighted by atomic mass is 10.1. The van der Waals surface area contributed by atoms with Gasteiger partial charge >= 0.3 is 0 Å². The zero-order chi connectivity index (χ0) is 19.1. The number of carbonyl (C=O) groups is 2. The number of hydrogen-bond donors (Lipinski definition) is 2. The fourth-order valence-electron chi connectivity index (χ4n) is 2.58. The standard InChI is InChI=1S/C21H18BrN3O2/c22-17-12-16(13-23-14-17)20(26)25-19-9-5-4-8-18(19)21(27)24-11-10-15-6-2-1-3-7-15/h1-9,12-14H,10-11H2,(H,24,27)(H,25,26). The minimum absolute atomic E-state index is 0.228. The van der Waals surface area contributed by atoms with Crippen molar-refractivity contribution >= 4 is 33.4 Å². The average Bonchev–Trinajstić information content (AvgIpc) is 2.69. The molecule has 3 aromatic rings. The Kier molecular flexibility index (Phi) is 6.33. The van der Waals surface area contributed by atoms with E-state index in [1.807, 2.05) is 30.3 Å². The topological polar surface area (TPSA) is 71.1 Å². The van der Waals surface area contributed by atoms with Gasteiger partial charge in [-0.15, -0.1) is 0 Å². The molecule has 1 heterocycles. The second kappa shape index (κ2) is 9.09. The number of hydrogen-bond acceptors (Lipinski definition) is 3. The van der Waals surface area contributed by atoms with Crippen LogP contribution in [0, 0.1) is 0 Å². The van der Waals surface area contributed by atoms with Gasteiger partial charge in [0, 0.05) is 23.4 Å². The third-order valence-electron chi connectivity index (χ3n) is 3.93. The van der Waals surface area contributed by atoms with Crippen molar-refractivity contribution in [2.75, 3.05) is 11.9 Å². The number of halogens is 1. The number of pyridine rings is 1. The number of rotatable bonds is 6. The van der Waals surface area contributed by atoms with Crippen molar-refractivity contribution in [1.29, 1.82) is 0 Å². The molecule has 0 unspecified atom stereocenters. The van der Waals surface area contributed by atoms with Crippen LogP contribution in [0.4, 0.5) is 5.69 Å². The molecule has 2 aromatic carbocycles. The van der Waals surface area contributed by atoms with Gasteiger partial charge < -0.3 is 10.6 Å². The second-order valence-electron chi connectivity index (χ2n) is 5.88. The summed E-state index contributed by atoms with van der Waals surface area (Å²) in [6, 6.07) is 18.5. The van der Waals surface area contributed by atoms with Crippen LogP contribution >= 0.6 is 15.9 Å². The number of anilines is 1. The molecule has 3 rings (SSSR count). The van der Waals surface area contributed by atoms with Crippen molar-refractivity contribution in [1.82, 2.24) is 10.3 Å². The van der Waals surface area contributed by atoms with Gasteiger partial charge in [-0.1, -0.05) is 42.5 Å². The molecule has 6 heteroatoms. The molecule has 0 radical (unpaired) electrons. The van der Waals surface area contributed by atoms with Crippen LogP contribution < -0.4 is 10.6 Å². The summed E-state index contributed by atoms with van der Waals surface area (Å²) in [5.41, 5.74) is 2.44. The smallest absolute Gasteiger partial charge is 0.257 e. The van der Waals surface area contributed by atoms with Crippen LogP contribution in [0.5, 0.6) is 0 Å². The van der Waals surface area contributed by atoms with E-state index in [0.29, 0.717) is 27.8 Å². The van der Waals surface area contributed by atoms with E-state index in [2.05, 4.69) is 31.5 Å². The van der Waals surface area contributed by atoms with E-state index in [1.165, 1.54) is 6.20 Å². The largest absolute Gasteiger partial charge is 0.352 e. The van der Waals surface area contributed by atoms with Gasteiger partial charge in [-0.3, -0.25) is 14.6 Å². The Balaban J connectivity index is 1.66. The van der Waals surface area contributed by atoms with E-state index in [-0.39, 0.29) is 11.8 Å². The molecular formula is C21H18BrN3O2. The van der Waals surface area contributed by atoms with Gasteiger partial charge in [0.25, 0.3) is 11.8 Å². The third-order valence-corrected chi connectivity index (χ3v) is 4.36. The molecule has 2 amide bonds. The van der Waals surface area contributed by atoms with Crippen molar-refractivity contribution in [2.24, 2.45) is 0 Å². The van der Waals surface area contributed by atoms with Crippen molar-refractivity contribution in [3.63, 3.8) is 0 Å². The predicted molar refractivity (Wildman–Crippen MR) is 109 cm³/mol. The molecular weight excluding hydrogens is 406 g/mol. The summed E-state index contributed by atoms with van der Waals surface area (Å²) in [5.74, 6) is -0.553. The Bertz CT molecular complexity index is 945. The van der Waals surface area contributed by atoms with Gasteiger partial charge in [0.1, 0.15) is 0 Å². The Labute approximate surface area is 166 Å². The molecule has 27 heavy (non-hydrogen) atoms. The molecule has 0 atom stereocenters. The summed E-state index contributed by atoms with van der Waals surface area (Å²) in [4.78, 5) is 29.0. The number of nitrogens with one attached hydrogen (secondary N) is 2. The molecule has 0 bridgehead atoms. The summed E-state index contributed by atoms with van der Waals surface area (Å²) in [6.45, 7) is 0.515. The number of aromatic nitrogens is 1.